The lowest BCUT2D eigenvalue weighted by Crippen LogP contribution is -2.34. The maximum Gasteiger partial charge on any atom is 0.233 e. The third kappa shape index (κ3) is 6.47. The highest BCUT2D eigenvalue weighted by molar-refractivity contribution is 5.74. The van der Waals surface area contributed by atoms with E-state index >= 15 is 0 Å². The molecule has 0 aromatic rings. The second-order valence-electron chi connectivity index (χ2n) is 4.49. The second kappa shape index (κ2) is 7.65. The van der Waals surface area contributed by atoms with Crippen LogP contribution in [-0.2, 0) is 4.79 Å². The maximum atomic E-state index is 10.8. The highest BCUT2D eigenvalue weighted by Crippen LogP contribution is 2.09. The fourth-order valence-corrected chi connectivity index (χ4v) is 1.43. The van der Waals surface area contributed by atoms with Crippen LogP contribution in [0.1, 0.15) is 40.0 Å². The standard InChI is InChI=1S/C11H25N3O/c1-9(2)10(3)14(4)8-6-5-7-11(15)13-12/h9-10H,5-8,12H2,1-4H3,(H,13,15). The Morgan fingerprint density at radius 2 is 1.93 bits per heavy atom. The maximum absolute atomic E-state index is 10.8. The van der Waals surface area contributed by atoms with Crippen LogP contribution < -0.4 is 11.3 Å². The minimum atomic E-state index is -0.0745. The van der Waals surface area contributed by atoms with Gasteiger partial charge in [0.25, 0.3) is 0 Å². The Hall–Kier alpha value is -0.610. The van der Waals surface area contributed by atoms with Crippen LogP contribution in [0.25, 0.3) is 0 Å². The van der Waals surface area contributed by atoms with E-state index in [1.807, 2.05) is 0 Å². The average Bonchev–Trinajstić information content (AvgIpc) is 2.22. The molecule has 0 fully saturated rings. The van der Waals surface area contributed by atoms with Crippen molar-refractivity contribution >= 4 is 5.91 Å². The Kier molecular flexibility index (Phi) is 7.34. The first kappa shape index (κ1) is 14.4. The Labute approximate surface area is 93.2 Å². The van der Waals surface area contributed by atoms with E-state index in [0.29, 0.717) is 18.4 Å². The number of hydrazine groups is 1. The normalized spacial score (nSPS) is 13.3. The minimum Gasteiger partial charge on any atom is -0.303 e. The summed E-state index contributed by atoms with van der Waals surface area (Å²) >= 11 is 0. The summed E-state index contributed by atoms with van der Waals surface area (Å²) in [7, 11) is 2.13. The predicted molar refractivity (Wildman–Crippen MR) is 63.1 cm³/mol. The molecule has 0 aliphatic carbocycles. The van der Waals surface area contributed by atoms with Gasteiger partial charge in [0.2, 0.25) is 5.91 Å². The minimum absolute atomic E-state index is 0.0745. The summed E-state index contributed by atoms with van der Waals surface area (Å²) in [6, 6.07) is 0.591. The third-order valence-corrected chi connectivity index (χ3v) is 2.99. The van der Waals surface area contributed by atoms with Crippen molar-refractivity contribution in [1.82, 2.24) is 10.3 Å². The molecule has 0 saturated carbocycles. The Bertz CT molecular complexity index is 183. The SMILES string of the molecule is CC(C)C(C)N(C)CCCCC(=O)NN. The average molecular weight is 215 g/mol. The van der Waals surface area contributed by atoms with Crippen molar-refractivity contribution in [2.45, 2.75) is 46.1 Å². The molecule has 0 radical (unpaired) electrons. The van der Waals surface area contributed by atoms with Crippen LogP contribution in [0.5, 0.6) is 0 Å². The van der Waals surface area contributed by atoms with Crippen LogP contribution in [-0.4, -0.2) is 30.4 Å². The van der Waals surface area contributed by atoms with Crippen LogP contribution in [0, 0.1) is 5.92 Å². The van der Waals surface area contributed by atoms with Crippen LogP contribution >= 0.6 is 0 Å². The summed E-state index contributed by atoms with van der Waals surface area (Å²) in [6.45, 7) is 7.72. The first-order valence-electron chi connectivity index (χ1n) is 5.68. The lowest BCUT2D eigenvalue weighted by Gasteiger charge is -2.27. The summed E-state index contributed by atoms with van der Waals surface area (Å²) in [6.07, 6.45) is 2.47. The van der Waals surface area contributed by atoms with Gasteiger partial charge in [-0.1, -0.05) is 13.8 Å². The van der Waals surface area contributed by atoms with E-state index in [9.17, 15) is 4.79 Å². The topological polar surface area (TPSA) is 58.4 Å². The molecule has 0 aromatic carbocycles. The molecule has 0 aliphatic rings. The molecule has 1 atom stereocenters. The number of nitrogens with two attached hydrogens (primary N) is 1. The number of unbranched alkanes of at least 4 members (excludes halogenated alkanes) is 1. The van der Waals surface area contributed by atoms with Gasteiger partial charge in [0.15, 0.2) is 0 Å². The molecule has 4 heteroatoms. The van der Waals surface area contributed by atoms with Gasteiger partial charge in [0.1, 0.15) is 0 Å². The van der Waals surface area contributed by atoms with Crippen molar-refractivity contribution in [2.24, 2.45) is 11.8 Å². The van der Waals surface area contributed by atoms with E-state index in [4.69, 9.17) is 5.84 Å². The van der Waals surface area contributed by atoms with Crippen molar-refractivity contribution in [3.8, 4) is 0 Å². The summed E-state index contributed by atoms with van der Waals surface area (Å²) in [5.41, 5.74) is 2.14. The third-order valence-electron chi connectivity index (χ3n) is 2.99. The molecular weight excluding hydrogens is 190 g/mol. The van der Waals surface area contributed by atoms with E-state index in [1.165, 1.54) is 0 Å². The Morgan fingerprint density at radius 1 is 1.33 bits per heavy atom. The van der Waals surface area contributed by atoms with Gasteiger partial charge in [0.05, 0.1) is 0 Å². The molecule has 0 saturated heterocycles. The van der Waals surface area contributed by atoms with Crippen molar-refractivity contribution in [3.05, 3.63) is 0 Å². The van der Waals surface area contributed by atoms with Gasteiger partial charge < -0.3 is 4.90 Å². The Balaban J connectivity index is 3.55. The van der Waals surface area contributed by atoms with E-state index in [1.54, 1.807) is 0 Å². The molecule has 0 aliphatic heterocycles. The largest absolute Gasteiger partial charge is 0.303 e. The fourth-order valence-electron chi connectivity index (χ4n) is 1.43. The number of hydrogen-bond acceptors (Lipinski definition) is 3. The van der Waals surface area contributed by atoms with Gasteiger partial charge in [-0.05, 0) is 39.3 Å². The number of carbonyl (C=O) groups is 1. The van der Waals surface area contributed by atoms with Gasteiger partial charge in [-0.3, -0.25) is 10.2 Å². The summed E-state index contributed by atoms with van der Waals surface area (Å²) in [5, 5.41) is 0. The molecular formula is C11H25N3O. The van der Waals surface area contributed by atoms with Crippen LogP contribution in [0.15, 0.2) is 0 Å². The lowest BCUT2D eigenvalue weighted by molar-refractivity contribution is -0.121. The van der Waals surface area contributed by atoms with Gasteiger partial charge in [-0.2, -0.15) is 0 Å². The molecule has 0 heterocycles. The first-order valence-corrected chi connectivity index (χ1v) is 5.68. The fraction of sp³-hybridized carbons (Fsp3) is 0.909. The lowest BCUT2D eigenvalue weighted by atomic mass is 10.0. The second-order valence-corrected chi connectivity index (χ2v) is 4.49. The zero-order valence-corrected chi connectivity index (χ0v) is 10.4. The molecule has 3 N–H and O–H groups in total. The van der Waals surface area contributed by atoms with E-state index < -0.39 is 0 Å². The quantitative estimate of drug-likeness (QED) is 0.290. The summed E-state index contributed by atoms with van der Waals surface area (Å²) in [5.74, 6) is 5.59. The Morgan fingerprint density at radius 3 is 2.40 bits per heavy atom. The number of nitrogens with zero attached hydrogens (tertiary/aromatic N) is 1. The zero-order valence-electron chi connectivity index (χ0n) is 10.4. The van der Waals surface area contributed by atoms with E-state index in [2.05, 4.69) is 38.1 Å². The van der Waals surface area contributed by atoms with Crippen molar-refractivity contribution in [2.75, 3.05) is 13.6 Å². The van der Waals surface area contributed by atoms with E-state index in [0.717, 1.165) is 19.4 Å². The number of carbonyl (C=O) groups excluding carboxylic acids is 1. The van der Waals surface area contributed by atoms with Crippen molar-refractivity contribution in [3.63, 3.8) is 0 Å². The van der Waals surface area contributed by atoms with Gasteiger partial charge in [0, 0.05) is 12.5 Å². The number of hydrogen-bond donors (Lipinski definition) is 2. The van der Waals surface area contributed by atoms with Crippen LogP contribution in [0.2, 0.25) is 0 Å². The predicted octanol–water partition coefficient (Wildman–Crippen LogP) is 1.12. The van der Waals surface area contributed by atoms with Gasteiger partial charge >= 0.3 is 0 Å². The monoisotopic (exact) mass is 215 g/mol. The smallest absolute Gasteiger partial charge is 0.233 e. The summed E-state index contributed by atoms with van der Waals surface area (Å²) in [4.78, 5) is 13.2. The number of nitrogens with one attached hydrogen (secondary N) is 1. The molecule has 15 heavy (non-hydrogen) atoms. The van der Waals surface area contributed by atoms with Crippen LogP contribution in [0.3, 0.4) is 0 Å². The van der Waals surface area contributed by atoms with E-state index in [-0.39, 0.29) is 5.91 Å². The molecule has 0 aromatic heterocycles. The molecule has 90 valence electrons. The van der Waals surface area contributed by atoms with Crippen molar-refractivity contribution < 1.29 is 4.79 Å². The van der Waals surface area contributed by atoms with Crippen molar-refractivity contribution in [1.29, 1.82) is 0 Å². The molecule has 1 unspecified atom stereocenters. The molecule has 1 amide bonds. The van der Waals surface area contributed by atoms with Gasteiger partial charge in [-0.15, -0.1) is 0 Å². The number of rotatable bonds is 7. The zero-order chi connectivity index (χ0) is 11.8. The molecule has 0 spiro atoms. The number of amides is 1. The molecule has 0 rings (SSSR count). The molecule has 4 nitrogen and oxygen atoms in total. The van der Waals surface area contributed by atoms with Crippen LogP contribution in [0.4, 0.5) is 0 Å². The molecule has 0 bridgehead atoms. The summed E-state index contributed by atoms with van der Waals surface area (Å²) < 4.78 is 0. The highest BCUT2D eigenvalue weighted by atomic mass is 16.2. The first-order chi connectivity index (χ1) is 6.99. The highest BCUT2D eigenvalue weighted by Gasteiger charge is 2.12. The van der Waals surface area contributed by atoms with Gasteiger partial charge in [-0.25, -0.2) is 5.84 Å².